The molecule has 0 aliphatic carbocycles. The molecular formula is C18H23N5O5. The van der Waals surface area contributed by atoms with E-state index in [2.05, 4.69) is 10.3 Å². The summed E-state index contributed by atoms with van der Waals surface area (Å²) >= 11 is 0. The van der Waals surface area contributed by atoms with Crippen molar-refractivity contribution >= 4 is 17.6 Å². The van der Waals surface area contributed by atoms with E-state index in [1.54, 1.807) is 35.4 Å². The number of nitro groups is 1. The van der Waals surface area contributed by atoms with Crippen molar-refractivity contribution in [2.45, 2.75) is 45.7 Å². The van der Waals surface area contributed by atoms with Gasteiger partial charge in [0.1, 0.15) is 12.0 Å². The summed E-state index contributed by atoms with van der Waals surface area (Å²) in [5.74, 6) is 1.02. The van der Waals surface area contributed by atoms with E-state index in [4.69, 9.17) is 4.42 Å². The molecule has 1 N–H and O–H groups in total. The zero-order valence-electron chi connectivity index (χ0n) is 15.9. The molecule has 2 amide bonds. The van der Waals surface area contributed by atoms with Gasteiger partial charge in [-0.15, -0.1) is 0 Å². The SMILES string of the molecule is Cc1ccc(C(=O)NC2CCN(C(=O)CCn3cc([N+](=O)[O-])nc3C)CC2)o1. The molecule has 1 saturated heterocycles. The number of rotatable bonds is 6. The van der Waals surface area contributed by atoms with E-state index in [0.29, 0.717) is 49.8 Å². The van der Waals surface area contributed by atoms with Crippen LogP contribution in [0.5, 0.6) is 0 Å². The van der Waals surface area contributed by atoms with Crippen molar-refractivity contribution in [2.75, 3.05) is 13.1 Å². The van der Waals surface area contributed by atoms with E-state index < -0.39 is 4.92 Å². The Balaban J connectivity index is 1.45. The zero-order valence-corrected chi connectivity index (χ0v) is 15.9. The largest absolute Gasteiger partial charge is 0.456 e. The Kier molecular flexibility index (Phi) is 5.76. The molecule has 1 aliphatic heterocycles. The predicted octanol–water partition coefficient (Wildman–Crippen LogP) is 1.81. The average Bonchev–Trinajstić information content (AvgIpc) is 3.26. The van der Waals surface area contributed by atoms with Crippen LogP contribution in [0.3, 0.4) is 0 Å². The summed E-state index contributed by atoms with van der Waals surface area (Å²) in [6.07, 6.45) is 2.94. The van der Waals surface area contributed by atoms with E-state index in [1.165, 1.54) is 6.20 Å². The van der Waals surface area contributed by atoms with Crippen LogP contribution in [0, 0.1) is 24.0 Å². The lowest BCUT2D eigenvalue weighted by Gasteiger charge is -2.32. The van der Waals surface area contributed by atoms with Crippen LogP contribution in [0.15, 0.2) is 22.7 Å². The van der Waals surface area contributed by atoms with Gasteiger partial charge in [0.25, 0.3) is 5.91 Å². The number of nitrogens with one attached hydrogen (secondary N) is 1. The van der Waals surface area contributed by atoms with Gasteiger partial charge in [-0.1, -0.05) is 0 Å². The Hall–Kier alpha value is -3.17. The number of imidazole rings is 1. The molecule has 3 rings (SSSR count). The zero-order chi connectivity index (χ0) is 20.3. The molecule has 0 saturated carbocycles. The first-order valence-corrected chi connectivity index (χ1v) is 9.16. The third kappa shape index (κ3) is 4.56. The minimum atomic E-state index is -0.547. The average molecular weight is 389 g/mol. The van der Waals surface area contributed by atoms with Crippen molar-refractivity contribution < 1.29 is 18.9 Å². The molecule has 1 aliphatic rings. The molecule has 0 spiro atoms. The Labute approximate surface area is 161 Å². The number of carbonyl (C=O) groups is 2. The minimum Gasteiger partial charge on any atom is -0.456 e. The topological polar surface area (TPSA) is 124 Å². The van der Waals surface area contributed by atoms with Crippen LogP contribution in [-0.2, 0) is 11.3 Å². The molecule has 0 aromatic carbocycles. The van der Waals surface area contributed by atoms with Crippen LogP contribution in [0.1, 0.15) is 41.4 Å². The fourth-order valence-corrected chi connectivity index (χ4v) is 3.27. The molecule has 3 heterocycles. The van der Waals surface area contributed by atoms with Gasteiger partial charge in [0.05, 0.1) is 0 Å². The highest BCUT2D eigenvalue weighted by Crippen LogP contribution is 2.15. The van der Waals surface area contributed by atoms with E-state index in [0.717, 1.165) is 0 Å². The second kappa shape index (κ2) is 8.24. The molecule has 0 bridgehead atoms. The molecule has 150 valence electrons. The molecule has 28 heavy (non-hydrogen) atoms. The highest BCUT2D eigenvalue weighted by molar-refractivity contribution is 5.91. The molecule has 0 radical (unpaired) electrons. The number of hydrogen-bond donors (Lipinski definition) is 1. The Bertz CT molecular complexity index is 879. The molecule has 2 aromatic rings. The number of aromatic nitrogens is 2. The quantitative estimate of drug-likeness (QED) is 0.594. The first kappa shape index (κ1) is 19.6. The monoisotopic (exact) mass is 389 g/mol. The second-order valence-electron chi connectivity index (χ2n) is 6.89. The second-order valence-corrected chi connectivity index (χ2v) is 6.89. The predicted molar refractivity (Wildman–Crippen MR) is 98.7 cm³/mol. The van der Waals surface area contributed by atoms with Crippen molar-refractivity contribution in [1.82, 2.24) is 19.8 Å². The minimum absolute atomic E-state index is 0.000462. The maximum atomic E-state index is 12.4. The van der Waals surface area contributed by atoms with Gasteiger partial charge in [-0.3, -0.25) is 9.59 Å². The lowest BCUT2D eigenvalue weighted by Crippen LogP contribution is -2.46. The third-order valence-corrected chi connectivity index (χ3v) is 4.86. The number of furan rings is 1. The Morgan fingerprint density at radius 1 is 1.32 bits per heavy atom. The summed E-state index contributed by atoms with van der Waals surface area (Å²) < 4.78 is 6.94. The van der Waals surface area contributed by atoms with Crippen molar-refractivity contribution in [1.29, 1.82) is 0 Å². The van der Waals surface area contributed by atoms with Crippen molar-refractivity contribution in [3.05, 3.63) is 45.8 Å². The van der Waals surface area contributed by atoms with Gasteiger partial charge in [0.15, 0.2) is 5.76 Å². The van der Waals surface area contributed by atoms with Gasteiger partial charge in [0.2, 0.25) is 11.7 Å². The standard InChI is InChI=1S/C18H23N5O5/c1-12-3-4-15(28-12)18(25)20-14-5-8-21(9-6-14)17(24)7-10-22-11-16(23(26)27)19-13(22)2/h3-4,11,14H,5-10H2,1-2H3,(H,20,25). The van der Waals surface area contributed by atoms with Gasteiger partial charge in [-0.2, -0.15) is 0 Å². The first-order chi connectivity index (χ1) is 13.3. The maximum absolute atomic E-state index is 12.4. The highest BCUT2D eigenvalue weighted by Gasteiger charge is 2.25. The number of carbonyl (C=O) groups excluding carboxylic acids is 2. The smallest absolute Gasteiger partial charge is 0.381 e. The molecular weight excluding hydrogens is 366 g/mol. The Morgan fingerprint density at radius 3 is 2.61 bits per heavy atom. The molecule has 2 aromatic heterocycles. The molecule has 1 fully saturated rings. The summed E-state index contributed by atoms with van der Waals surface area (Å²) in [5, 5.41) is 13.7. The van der Waals surface area contributed by atoms with Crippen LogP contribution in [0.25, 0.3) is 0 Å². The number of piperidine rings is 1. The van der Waals surface area contributed by atoms with Crippen LogP contribution >= 0.6 is 0 Å². The van der Waals surface area contributed by atoms with Crippen LogP contribution in [0.4, 0.5) is 5.82 Å². The lowest BCUT2D eigenvalue weighted by molar-refractivity contribution is -0.389. The number of nitrogens with zero attached hydrogens (tertiary/aromatic N) is 4. The van der Waals surface area contributed by atoms with Gasteiger partial charge in [0, 0.05) is 39.0 Å². The summed E-state index contributed by atoms with van der Waals surface area (Å²) in [7, 11) is 0. The van der Waals surface area contributed by atoms with Crippen molar-refractivity contribution in [3.8, 4) is 0 Å². The van der Waals surface area contributed by atoms with E-state index in [-0.39, 0.29) is 30.1 Å². The third-order valence-electron chi connectivity index (χ3n) is 4.86. The van der Waals surface area contributed by atoms with E-state index in [9.17, 15) is 19.7 Å². The highest BCUT2D eigenvalue weighted by atomic mass is 16.6. The molecule has 0 atom stereocenters. The van der Waals surface area contributed by atoms with Crippen molar-refractivity contribution in [2.24, 2.45) is 0 Å². The van der Waals surface area contributed by atoms with Crippen molar-refractivity contribution in [3.63, 3.8) is 0 Å². The Morgan fingerprint density at radius 2 is 2.04 bits per heavy atom. The number of likely N-dealkylation sites (tertiary alicyclic amines) is 1. The van der Waals surface area contributed by atoms with E-state index >= 15 is 0 Å². The molecule has 10 nitrogen and oxygen atoms in total. The number of aryl methyl sites for hydroxylation is 3. The van der Waals surface area contributed by atoms with E-state index in [1.807, 2.05) is 0 Å². The first-order valence-electron chi connectivity index (χ1n) is 9.16. The summed E-state index contributed by atoms with van der Waals surface area (Å²) in [6.45, 7) is 4.92. The van der Waals surface area contributed by atoms with Gasteiger partial charge < -0.3 is 29.3 Å². The summed E-state index contributed by atoms with van der Waals surface area (Å²) in [5.41, 5.74) is 0. The molecule has 10 heteroatoms. The van der Waals surface area contributed by atoms with Crippen LogP contribution in [-0.4, -0.2) is 50.3 Å². The normalized spacial score (nSPS) is 14.9. The maximum Gasteiger partial charge on any atom is 0.381 e. The molecule has 0 unspecified atom stereocenters. The van der Waals surface area contributed by atoms with Gasteiger partial charge in [-0.05, 0) is 41.8 Å². The van der Waals surface area contributed by atoms with Crippen LogP contribution < -0.4 is 5.32 Å². The number of amides is 2. The van der Waals surface area contributed by atoms with Gasteiger partial charge in [-0.25, -0.2) is 0 Å². The summed E-state index contributed by atoms with van der Waals surface area (Å²) in [4.78, 5) is 40.4. The summed E-state index contributed by atoms with van der Waals surface area (Å²) in [6, 6.07) is 3.39. The fraction of sp³-hybridized carbons (Fsp3) is 0.500. The van der Waals surface area contributed by atoms with Gasteiger partial charge >= 0.3 is 5.82 Å². The fourth-order valence-electron chi connectivity index (χ4n) is 3.27. The van der Waals surface area contributed by atoms with Crippen LogP contribution in [0.2, 0.25) is 0 Å². The number of hydrogen-bond acceptors (Lipinski definition) is 6. The lowest BCUT2D eigenvalue weighted by atomic mass is 10.0.